The molecule has 0 aliphatic heterocycles. The molecule has 0 aliphatic rings. The fourth-order valence-corrected chi connectivity index (χ4v) is 1.02. The van der Waals surface area contributed by atoms with Crippen molar-refractivity contribution in [3.63, 3.8) is 0 Å². The Kier molecular flexibility index (Phi) is 6.33. The summed E-state index contributed by atoms with van der Waals surface area (Å²) in [7, 11) is 0. The number of rotatable bonds is 3. The van der Waals surface area contributed by atoms with E-state index in [0.717, 1.165) is 11.4 Å². The molecular formula is C15H15N3O2. The van der Waals surface area contributed by atoms with Crippen molar-refractivity contribution in [2.75, 3.05) is 0 Å². The van der Waals surface area contributed by atoms with E-state index in [9.17, 15) is 4.79 Å². The van der Waals surface area contributed by atoms with Crippen LogP contribution in [0.2, 0.25) is 0 Å². The Hall–Kier alpha value is -2.82. The highest BCUT2D eigenvalue weighted by Gasteiger charge is 1.90. The van der Waals surface area contributed by atoms with Gasteiger partial charge in [0.05, 0.1) is 11.4 Å². The van der Waals surface area contributed by atoms with Crippen LogP contribution in [0.5, 0.6) is 0 Å². The van der Waals surface area contributed by atoms with Gasteiger partial charge in [-0.25, -0.2) is 4.79 Å². The van der Waals surface area contributed by atoms with Gasteiger partial charge in [-0.2, -0.15) is 10.2 Å². The van der Waals surface area contributed by atoms with Crippen LogP contribution in [0.1, 0.15) is 6.92 Å². The Morgan fingerprint density at radius 2 is 1.50 bits per heavy atom. The van der Waals surface area contributed by atoms with Crippen LogP contribution in [-0.2, 0) is 4.79 Å². The Morgan fingerprint density at radius 1 is 1.05 bits per heavy atom. The first-order chi connectivity index (χ1) is 9.59. The van der Waals surface area contributed by atoms with Crippen molar-refractivity contribution < 1.29 is 9.90 Å². The number of hydrogen-bond donors (Lipinski definition) is 1. The van der Waals surface area contributed by atoms with Crippen molar-refractivity contribution in [2.45, 2.75) is 6.92 Å². The van der Waals surface area contributed by atoms with E-state index in [-0.39, 0.29) is 5.57 Å². The minimum atomic E-state index is -0.935. The number of aromatic nitrogens is 1. The molecular weight excluding hydrogens is 254 g/mol. The molecule has 0 atom stereocenters. The third-order valence-corrected chi connectivity index (χ3v) is 2.06. The van der Waals surface area contributed by atoms with E-state index in [2.05, 4.69) is 21.8 Å². The number of carboxylic acids is 1. The standard InChI is InChI=1S/C11H9N3.C4H6O2/c1-2-4-10(5-3-1)13-14-11-6-8-12-9-7-11;1-3(2)4(5)6/h1-9H;1H2,2H3,(H,5,6). The second-order valence-corrected chi connectivity index (χ2v) is 3.83. The highest BCUT2D eigenvalue weighted by Crippen LogP contribution is 2.15. The summed E-state index contributed by atoms with van der Waals surface area (Å²) in [5.74, 6) is -0.935. The lowest BCUT2D eigenvalue weighted by molar-refractivity contribution is -0.132. The third-order valence-electron chi connectivity index (χ3n) is 2.06. The first kappa shape index (κ1) is 15.2. The van der Waals surface area contributed by atoms with E-state index in [1.165, 1.54) is 6.92 Å². The van der Waals surface area contributed by atoms with E-state index in [4.69, 9.17) is 5.11 Å². The number of carbonyl (C=O) groups is 1. The smallest absolute Gasteiger partial charge is 0.330 e. The van der Waals surface area contributed by atoms with Gasteiger partial charge in [0.25, 0.3) is 0 Å². The van der Waals surface area contributed by atoms with Crippen molar-refractivity contribution in [2.24, 2.45) is 10.2 Å². The van der Waals surface area contributed by atoms with Gasteiger partial charge >= 0.3 is 5.97 Å². The monoisotopic (exact) mass is 269 g/mol. The van der Waals surface area contributed by atoms with Crippen LogP contribution in [0.15, 0.2) is 77.2 Å². The van der Waals surface area contributed by atoms with Gasteiger partial charge in [-0.15, -0.1) is 0 Å². The molecule has 1 N–H and O–H groups in total. The number of hydrogen-bond acceptors (Lipinski definition) is 4. The predicted octanol–water partition coefficient (Wildman–Crippen LogP) is 4.14. The number of aliphatic carboxylic acids is 1. The molecule has 1 aromatic carbocycles. The summed E-state index contributed by atoms with van der Waals surface area (Å²) >= 11 is 0. The molecule has 5 heteroatoms. The summed E-state index contributed by atoms with van der Waals surface area (Å²) in [6, 6.07) is 13.3. The summed E-state index contributed by atoms with van der Waals surface area (Å²) in [4.78, 5) is 13.5. The largest absolute Gasteiger partial charge is 0.478 e. The van der Waals surface area contributed by atoms with Gasteiger partial charge in [-0.05, 0) is 31.2 Å². The van der Waals surface area contributed by atoms with Crippen LogP contribution in [0, 0.1) is 0 Å². The molecule has 0 saturated carbocycles. The molecule has 1 heterocycles. The molecule has 2 aromatic rings. The predicted molar refractivity (Wildman–Crippen MR) is 77.3 cm³/mol. The summed E-state index contributed by atoms with van der Waals surface area (Å²) in [6.07, 6.45) is 3.39. The van der Waals surface area contributed by atoms with Crippen molar-refractivity contribution in [3.8, 4) is 0 Å². The van der Waals surface area contributed by atoms with E-state index < -0.39 is 5.97 Å². The summed E-state index contributed by atoms with van der Waals surface area (Å²) in [5.41, 5.74) is 1.84. The average molecular weight is 269 g/mol. The highest BCUT2D eigenvalue weighted by molar-refractivity contribution is 5.84. The molecule has 0 aliphatic carbocycles. The summed E-state index contributed by atoms with van der Waals surface area (Å²) in [6.45, 7) is 4.60. The molecule has 1 aromatic heterocycles. The molecule has 0 radical (unpaired) electrons. The lowest BCUT2D eigenvalue weighted by Gasteiger charge is -1.90. The zero-order valence-corrected chi connectivity index (χ0v) is 11.1. The van der Waals surface area contributed by atoms with Crippen LogP contribution in [0.25, 0.3) is 0 Å². The van der Waals surface area contributed by atoms with Gasteiger partial charge < -0.3 is 5.11 Å². The Morgan fingerprint density at radius 3 is 1.95 bits per heavy atom. The van der Waals surface area contributed by atoms with Crippen LogP contribution in [-0.4, -0.2) is 16.1 Å². The molecule has 0 saturated heterocycles. The molecule has 0 bridgehead atoms. The van der Waals surface area contributed by atoms with Gasteiger partial charge in [0.1, 0.15) is 0 Å². The zero-order chi connectivity index (χ0) is 14.8. The average Bonchev–Trinajstić information content (AvgIpc) is 2.48. The fraction of sp³-hybridized carbons (Fsp3) is 0.0667. The third kappa shape index (κ3) is 6.20. The Balaban J connectivity index is 0.000000286. The molecule has 2 rings (SSSR count). The Bertz CT molecular complexity index is 527. The molecule has 20 heavy (non-hydrogen) atoms. The minimum Gasteiger partial charge on any atom is -0.478 e. The molecule has 102 valence electrons. The number of pyridine rings is 1. The van der Waals surface area contributed by atoms with Crippen molar-refractivity contribution >= 4 is 17.3 Å². The molecule has 5 nitrogen and oxygen atoms in total. The number of carboxylic acid groups (broad SMARTS) is 1. The Labute approximate surface area is 117 Å². The number of azo groups is 1. The molecule has 0 spiro atoms. The van der Waals surface area contributed by atoms with Gasteiger partial charge in [-0.3, -0.25) is 4.98 Å². The highest BCUT2D eigenvalue weighted by atomic mass is 16.4. The maximum Gasteiger partial charge on any atom is 0.330 e. The summed E-state index contributed by atoms with van der Waals surface area (Å²) < 4.78 is 0. The van der Waals surface area contributed by atoms with Gasteiger partial charge in [0.15, 0.2) is 0 Å². The normalized spacial score (nSPS) is 9.65. The fourth-order valence-electron chi connectivity index (χ4n) is 1.02. The van der Waals surface area contributed by atoms with Gasteiger partial charge in [0, 0.05) is 18.0 Å². The van der Waals surface area contributed by atoms with Crippen LogP contribution < -0.4 is 0 Å². The van der Waals surface area contributed by atoms with Crippen LogP contribution in [0.3, 0.4) is 0 Å². The summed E-state index contributed by atoms with van der Waals surface area (Å²) in [5, 5.41) is 16.0. The maximum absolute atomic E-state index is 9.60. The first-order valence-electron chi connectivity index (χ1n) is 5.85. The second-order valence-electron chi connectivity index (χ2n) is 3.83. The van der Waals surface area contributed by atoms with Crippen LogP contribution in [0.4, 0.5) is 11.4 Å². The quantitative estimate of drug-likeness (QED) is 0.672. The van der Waals surface area contributed by atoms with Crippen molar-refractivity contribution in [1.82, 2.24) is 4.98 Å². The SMILES string of the molecule is C=C(C)C(=O)O.c1ccc(N=Nc2ccncc2)cc1. The van der Waals surface area contributed by atoms with E-state index in [1.807, 2.05) is 42.5 Å². The van der Waals surface area contributed by atoms with Crippen LogP contribution >= 0.6 is 0 Å². The first-order valence-corrected chi connectivity index (χ1v) is 5.85. The lowest BCUT2D eigenvalue weighted by atomic mass is 10.3. The number of benzene rings is 1. The van der Waals surface area contributed by atoms with E-state index in [1.54, 1.807) is 12.4 Å². The molecule has 0 fully saturated rings. The van der Waals surface area contributed by atoms with Crippen molar-refractivity contribution in [3.05, 3.63) is 67.0 Å². The lowest BCUT2D eigenvalue weighted by Crippen LogP contribution is -1.92. The zero-order valence-electron chi connectivity index (χ0n) is 11.1. The topological polar surface area (TPSA) is 74.9 Å². The van der Waals surface area contributed by atoms with E-state index >= 15 is 0 Å². The number of nitrogens with zero attached hydrogens (tertiary/aromatic N) is 3. The molecule has 0 amide bonds. The maximum atomic E-state index is 9.60. The minimum absolute atomic E-state index is 0.176. The van der Waals surface area contributed by atoms with Crippen molar-refractivity contribution in [1.29, 1.82) is 0 Å². The van der Waals surface area contributed by atoms with E-state index in [0.29, 0.717) is 0 Å². The van der Waals surface area contributed by atoms with Gasteiger partial charge in [0.2, 0.25) is 0 Å². The second kappa shape index (κ2) is 8.31. The molecule has 0 unspecified atom stereocenters. The van der Waals surface area contributed by atoms with Gasteiger partial charge in [-0.1, -0.05) is 24.8 Å².